The Kier molecular flexibility index (Phi) is 3.00. The molecule has 1 aromatic rings. The molecule has 1 aliphatic carbocycles. The predicted molar refractivity (Wildman–Crippen MR) is 58.7 cm³/mol. The third kappa shape index (κ3) is 2.75. The molecule has 0 unspecified atom stereocenters. The van der Waals surface area contributed by atoms with Gasteiger partial charge in [-0.2, -0.15) is 0 Å². The first-order valence-electron chi connectivity index (χ1n) is 5.14. The van der Waals surface area contributed by atoms with E-state index in [1.807, 2.05) is 13.8 Å². The van der Waals surface area contributed by atoms with E-state index in [0.717, 1.165) is 12.8 Å². The van der Waals surface area contributed by atoms with Crippen molar-refractivity contribution >= 4 is 11.6 Å². The Balaban J connectivity index is 2.21. The van der Waals surface area contributed by atoms with E-state index in [0.29, 0.717) is 22.8 Å². The van der Waals surface area contributed by atoms with E-state index in [1.165, 1.54) is 0 Å². The van der Waals surface area contributed by atoms with Crippen molar-refractivity contribution < 1.29 is 9.47 Å². The lowest BCUT2D eigenvalue weighted by Crippen LogP contribution is -2.09. The van der Waals surface area contributed by atoms with Crippen LogP contribution in [0.25, 0.3) is 0 Å². The maximum absolute atomic E-state index is 6.04. The van der Waals surface area contributed by atoms with Gasteiger partial charge in [-0.05, 0) is 32.8 Å². The number of halogens is 1. The lowest BCUT2D eigenvalue weighted by atomic mass is 10.4. The lowest BCUT2D eigenvalue weighted by molar-refractivity contribution is 0.208. The van der Waals surface area contributed by atoms with Crippen molar-refractivity contribution in [1.82, 2.24) is 4.98 Å². The van der Waals surface area contributed by atoms with Crippen molar-refractivity contribution in [2.75, 3.05) is 0 Å². The Morgan fingerprint density at radius 3 is 2.80 bits per heavy atom. The molecule has 1 fully saturated rings. The minimum atomic E-state index is 0.0671. The van der Waals surface area contributed by atoms with Crippen molar-refractivity contribution in [2.24, 2.45) is 0 Å². The van der Waals surface area contributed by atoms with Crippen LogP contribution in [0.2, 0.25) is 5.02 Å². The highest BCUT2D eigenvalue weighted by Crippen LogP contribution is 2.37. The molecule has 0 spiro atoms. The van der Waals surface area contributed by atoms with Gasteiger partial charge in [-0.25, -0.2) is 4.98 Å². The van der Waals surface area contributed by atoms with E-state index < -0.39 is 0 Å². The fraction of sp³-hybridized carbons (Fsp3) is 0.545. The van der Waals surface area contributed by atoms with Crippen molar-refractivity contribution in [3.63, 3.8) is 0 Å². The van der Waals surface area contributed by atoms with Crippen LogP contribution in [0.15, 0.2) is 12.3 Å². The molecule has 0 aliphatic heterocycles. The van der Waals surface area contributed by atoms with E-state index in [9.17, 15) is 0 Å². The largest absolute Gasteiger partial charge is 0.483 e. The summed E-state index contributed by atoms with van der Waals surface area (Å²) in [5, 5.41) is 0.563. The van der Waals surface area contributed by atoms with Crippen LogP contribution in [-0.2, 0) is 0 Å². The molecule has 0 atom stereocenters. The molecule has 82 valence electrons. The van der Waals surface area contributed by atoms with Crippen LogP contribution in [0.1, 0.15) is 26.7 Å². The van der Waals surface area contributed by atoms with Crippen LogP contribution in [0, 0.1) is 0 Å². The standard InChI is InChI=1S/C11H14ClNO2/c1-7(2)14-11-10(15-8-3-4-8)9(12)5-6-13-11/h5-8H,3-4H2,1-2H3. The number of pyridine rings is 1. The van der Waals surface area contributed by atoms with Crippen molar-refractivity contribution in [2.45, 2.75) is 38.9 Å². The molecule has 0 saturated heterocycles. The number of hydrogen-bond donors (Lipinski definition) is 0. The van der Waals surface area contributed by atoms with Crippen LogP contribution in [0.5, 0.6) is 11.6 Å². The van der Waals surface area contributed by atoms with Crippen molar-refractivity contribution in [1.29, 1.82) is 0 Å². The molecule has 2 rings (SSSR count). The number of aromatic nitrogens is 1. The molecule has 0 bridgehead atoms. The van der Waals surface area contributed by atoms with Gasteiger partial charge in [0.05, 0.1) is 17.2 Å². The minimum absolute atomic E-state index is 0.0671. The van der Waals surface area contributed by atoms with Gasteiger partial charge in [0.15, 0.2) is 0 Å². The number of hydrogen-bond acceptors (Lipinski definition) is 3. The molecule has 0 N–H and O–H groups in total. The number of nitrogens with zero attached hydrogens (tertiary/aromatic N) is 1. The highest BCUT2D eigenvalue weighted by atomic mass is 35.5. The summed E-state index contributed by atoms with van der Waals surface area (Å²) in [7, 11) is 0. The summed E-state index contributed by atoms with van der Waals surface area (Å²) in [6.07, 6.45) is 4.16. The molecule has 0 amide bonds. The zero-order valence-electron chi connectivity index (χ0n) is 8.87. The lowest BCUT2D eigenvalue weighted by Gasteiger charge is -2.14. The normalized spacial score (nSPS) is 15.5. The summed E-state index contributed by atoms with van der Waals surface area (Å²) in [5.41, 5.74) is 0. The summed E-state index contributed by atoms with van der Waals surface area (Å²) in [4.78, 5) is 4.13. The number of rotatable bonds is 4. The third-order valence-corrected chi connectivity index (χ3v) is 2.28. The van der Waals surface area contributed by atoms with E-state index in [-0.39, 0.29) is 6.10 Å². The van der Waals surface area contributed by atoms with E-state index in [1.54, 1.807) is 12.3 Å². The first kappa shape index (κ1) is 10.6. The summed E-state index contributed by atoms with van der Waals surface area (Å²) >= 11 is 6.04. The quantitative estimate of drug-likeness (QED) is 0.792. The van der Waals surface area contributed by atoms with Crippen molar-refractivity contribution in [3.8, 4) is 11.6 Å². The second-order valence-corrected chi connectivity index (χ2v) is 4.32. The summed E-state index contributed by atoms with van der Waals surface area (Å²) in [6.45, 7) is 3.90. The Hall–Kier alpha value is -0.960. The van der Waals surface area contributed by atoms with Crippen LogP contribution < -0.4 is 9.47 Å². The van der Waals surface area contributed by atoms with E-state index in [4.69, 9.17) is 21.1 Å². The molecule has 4 heteroatoms. The average molecular weight is 228 g/mol. The van der Waals surface area contributed by atoms with Crippen LogP contribution in [0.4, 0.5) is 0 Å². The monoisotopic (exact) mass is 227 g/mol. The van der Waals surface area contributed by atoms with Crippen LogP contribution in [-0.4, -0.2) is 17.2 Å². The van der Waals surface area contributed by atoms with E-state index >= 15 is 0 Å². The number of ether oxygens (including phenoxy) is 2. The molecule has 15 heavy (non-hydrogen) atoms. The Labute approximate surface area is 94.4 Å². The van der Waals surface area contributed by atoms with Gasteiger partial charge in [0, 0.05) is 6.20 Å². The first-order valence-corrected chi connectivity index (χ1v) is 5.52. The fourth-order valence-electron chi connectivity index (χ4n) is 1.17. The molecule has 3 nitrogen and oxygen atoms in total. The second kappa shape index (κ2) is 4.27. The summed E-state index contributed by atoms with van der Waals surface area (Å²) in [6, 6.07) is 1.71. The minimum Gasteiger partial charge on any atom is -0.483 e. The van der Waals surface area contributed by atoms with Crippen LogP contribution in [0.3, 0.4) is 0 Å². The summed E-state index contributed by atoms with van der Waals surface area (Å²) in [5.74, 6) is 1.07. The highest BCUT2D eigenvalue weighted by Gasteiger charge is 2.26. The molecule has 1 aromatic heterocycles. The highest BCUT2D eigenvalue weighted by molar-refractivity contribution is 6.32. The summed E-state index contributed by atoms with van der Waals surface area (Å²) < 4.78 is 11.2. The third-order valence-electron chi connectivity index (χ3n) is 1.98. The SMILES string of the molecule is CC(C)Oc1nccc(Cl)c1OC1CC1. The maximum atomic E-state index is 6.04. The van der Waals surface area contributed by atoms with Crippen LogP contribution >= 0.6 is 11.6 Å². The Bertz CT molecular complexity index is 350. The van der Waals surface area contributed by atoms with Crippen molar-refractivity contribution in [3.05, 3.63) is 17.3 Å². The predicted octanol–water partition coefficient (Wildman–Crippen LogP) is 3.06. The Morgan fingerprint density at radius 1 is 1.47 bits per heavy atom. The second-order valence-electron chi connectivity index (χ2n) is 3.91. The Morgan fingerprint density at radius 2 is 2.20 bits per heavy atom. The van der Waals surface area contributed by atoms with Gasteiger partial charge < -0.3 is 9.47 Å². The van der Waals surface area contributed by atoms with Gasteiger partial charge in [-0.15, -0.1) is 0 Å². The van der Waals surface area contributed by atoms with Gasteiger partial charge in [-0.3, -0.25) is 0 Å². The molecule has 1 heterocycles. The molecule has 1 saturated carbocycles. The molecular weight excluding hydrogens is 214 g/mol. The van der Waals surface area contributed by atoms with Gasteiger partial charge in [0.2, 0.25) is 5.75 Å². The van der Waals surface area contributed by atoms with Gasteiger partial charge in [-0.1, -0.05) is 11.6 Å². The molecule has 0 aromatic carbocycles. The molecular formula is C11H14ClNO2. The van der Waals surface area contributed by atoms with E-state index in [2.05, 4.69) is 4.98 Å². The van der Waals surface area contributed by atoms with Gasteiger partial charge >= 0.3 is 0 Å². The zero-order chi connectivity index (χ0) is 10.8. The molecule has 1 aliphatic rings. The van der Waals surface area contributed by atoms with Gasteiger partial charge in [0.1, 0.15) is 0 Å². The zero-order valence-corrected chi connectivity index (χ0v) is 9.62. The molecule has 0 radical (unpaired) electrons. The van der Waals surface area contributed by atoms with Gasteiger partial charge in [0.25, 0.3) is 5.88 Å². The smallest absolute Gasteiger partial charge is 0.258 e. The topological polar surface area (TPSA) is 31.4 Å². The fourth-order valence-corrected chi connectivity index (χ4v) is 1.36. The average Bonchev–Trinajstić information content (AvgIpc) is 2.94. The first-order chi connectivity index (χ1) is 7.16. The maximum Gasteiger partial charge on any atom is 0.258 e.